The highest BCUT2D eigenvalue weighted by Gasteiger charge is 2.10. The normalized spacial score (nSPS) is 12.1. The van der Waals surface area contributed by atoms with Gasteiger partial charge in [0, 0.05) is 18.9 Å². The van der Waals surface area contributed by atoms with Crippen molar-refractivity contribution in [3.05, 3.63) is 22.4 Å². The van der Waals surface area contributed by atoms with Gasteiger partial charge in [-0.25, -0.2) is 0 Å². The largest absolute Gasteiger partial charge is 0.354 e. The molecule has 1 aromatic heterocycles. The van der Waals surface area contributed by atoms with Crippen LogP contribution >= 0.6 is 11.3 Å². The highest BCUT2D eigenvalue weighted by Crippen LogP contribution is 2.12. The molecule has 0 saturated carbocycles. The summed E-state index contributed by atoms with van der Waals surface area (Å²) in [5.41, 5.74) is 0. The highest BCUT2D eigenvalue weighted by atomic mass is 32.1. The molecule has 0 bridgehead atoms. The van der Waals surface area contributed by atoms with Crippen LogP contribution in [-0.4, -0.2) is 17.7 Å². The van der Waals surface area contributed by atoms with E-state index in [4.69, 9.17) is 0 Å². The number of ketones is 1. The topological polar surface area (TPSA) is 46.2 Å². The van der Waals surface area contributed by atoms with Gasteiger partial charge in [0.2, 0.25) is 5.91 Å². The molecule has 3 nitrogen and oxygen atoms in total. The second-order valence-corrected chi connectivity index (χ2v) is 4.72. The van der Waals surface area contributed by atoms with Crippen molar-refractivity contribution < 1.29 is 9.59 Å². The van der Waals surface area contributed by atoms with Crippen molar-refractivity contribution in [1.82, 2.24) is 5.32 Å². The minimum Gasteiger partial charge on any atom is -0.354 e. The van der Waals surface area contributed by atoms with Crippen LogP contribution in [-0.2, 0) is 4.79 Å². The van der Waals surface area contributed by atoms with E-state index in [1.54, 1.807) is 6.07 Å². The van der Waals surface area contributed by atoms with Crippen molar-refractivity contribution in [2.24, 2.45) is 0 Å². The fourth-order valence-electron chi connectivity index (χ4n) is 1.24. The molecule has 0 aliphatic heterocycles. The molecule has 0 aliphatic rings. The number of Topliss-reactive ketones (excluding diaryl/α,β-unsaturated/α-hetero) is 1. The van der Waals surface area contributed by atoms with Gasteiger partial charge < -0.3 is 5.32 Å². The summed E-state index contributed by atoms with van der Waals surface area (Å²) in [6.07, 6.45) is 1.48. The summed E-state index contributed by atoms with van der Waals surface area (Å²) in [6, 6.07) is 3.82. The molecule has 1 amide bonds. The van der Waals surface area contributed by atoms with Gasteiger partial charge >= 0.3 is 0 Å². The zero-order valence-corrected chi connectivity index (χ0v) is 10.5. The maximum atomic E-state index is 11.6. The molecule has 1 heterocycles. The van der Waals surface area contributed by atoms with Gasteiger partial charge in [0.15, 0.2) is 5.78 Å². The number of nitrogens with one attached hydrogen (secondary N) is 1. The predicted molar refractivity (Wildman–Crippen MR) is 65.8 cm³/mol. The highest BCUT2D eigenvalue weighted by molar-refractivity contribution is 7.12. The molecule has 4 heteroatoms. The number of amides is 1. The lowest BCUT2D eigenvalue weighted by atomic mass is 10.1. The SMILES string of the molecule is CCC(C)NC(=O)CCC(=O)c1cccs1. The van der Waals surface area contributed by atoms with Crippen LogP contribution < -0.4 is 5.32 Å². The molecule has 0 aromatic carbocycles. The Balaban J connectivity index is 2.29. The molecule has 0 radical (unpaired) electrons. The van der Waals surface area contributed by atoms with E-state index in [-0.39, 0.29) is 24.2 Å². The molecule has 1 aromatic rings. The standard InChI is InChI=1S/C12H17NO2S/c1-3-9(2)13-12(15)7-6-10(14)11-5-4-8-16-11/h4-5,8-9H,3,6-7H2,1-2H3,(H,13,15). The van der Waals surface area contributed by atoms with Crippen LogP contribution in [0, 0.1) is 0 Å². The summed E-state index contributed by atoms with van der Waals surface area (Å²) in [4.78, 5) is 23.8. The zero-order chi connectivity index (χ0) is 12.0. The number of thiophene rings is 1. The van der Waals surface area contributed by atoms with Crippen molar-refractivity contribution in [2.45, 2.75) is 39.2 Å². The Morgan fingerprint density at radius 1 is 1.44 bits per heavy atom. The third-order valence-corrected chi connectivity index (χ3v) is 3.31. The van der Waals surface area contributed by atoms with Gasteiger partial charge in [0.05, 0.1) is 4.88 Å². The number of carbonyl (C=O) groups excluding carboxylic acids is 2. The predicted octanol–water partition coefficient (Wildman–Crippen LogP) is 2.63. The first-order chi connectivity index (χ1) is 7.63. The number of rotatable bonds is 6. The quantitative estimate of drug-likeness (QED) is 0.776. The monoisotopic (exact) mass is 239 g/mol. The molecule has 0 aliphatic carbocycles. The number of hydrogen-bond donors (Lipinski definition) is 1. The minimum atomic E-state index is -0.0424. The van der Waals surface area contributed by atoms with Crippen molar-refractivity contribution in [3.63, 3.8) is 0 Å². The van der Waals surface area contributed by atoms with Crippen LogP contribution in [0.15, 0.2) is 17.5 Å². The smallest absolute Gasteiger partial charge is 0.220 e. The molecule has 1 rings (SSSR count). The molecule has 1 unspecified atom stereocenters. The van der Waals surface area contributed by atoms with Crippen molar-refractivity contribution >= 4 is 23.0 Å². The maximum Gasteiger partial charge on any atom is 0.220 e. The van der Waals surface area contributed by atoms with Crippen molar-refractivity contribution in [3.8, 4) is 0 Å². The average molecular weight is 239 g/mol. The molecule has 16 heavy (non-hydrogen) atoms. The fourth-order valence-corrected chi connectivity index (χ4v) is 1.93. The molecule has 88 valence electrons. The van der Waals surface area contributed by atoms with Gasteiger partial charge in [-0.3, -0.25) is 9.59 Å². The van der Waals surface area contributed by atoms with Gasteiger partial charge in [-0.1, -0.05) is 13.0 Å². The Hall–Kier alpha value is -1.16. The van der Waals surface area contributed by atoms with E-state index in [9.17, 15) is 9.59 Å². The van der Waals surface area contributed by atoms with E-state index in [0.717, 1.165) is 11.3 Å². The Labute approximate surface area is 99.9 Å². The fraction of sp³-hybridized carbons (Fsp3) is 0.500. The van der Waals surface area contributed by atoms with E-state index >= 15 is 0 Å². The third-order valence-electron chi connectivity index (χ3n) is 2.39. The van der Waals surface area contributed by atoms with E-state index in [1.165, 1.54) is 11.3 Å². The van der Waals surface area contributed by atoms with Crippen LogP contribution in [0.2, 0.25) is 0 Å². The molecule has 0 saturated heterocycles. The minimum absolute atomic E-state index is 0.0424. The Bertz CT molecular complexity index is 346. The van der Waals surface area contributed by atoms with E-state index in [2.05, 4.69) is 5.32 Å². The first-order valence-corrected chi connectivity index (χ1v) is 6.37. The molecule has 0 spiro atoms. The van der Waals surface area contributed by atoms with Gasteiger partial charge in [-0.05, 0) is 24.8 Å². The lowest BCUT2D eigenvalue weighted by Gasteiger charge is -2.10. The first kappa shape index (κ1) is 12.9. The lowest BCUT2D eigenvalue weighted by molar-refractivity contribution is -0.121. The van der Waals surface area contributed by atoms with E-state index in [1.807, 2.05) is 25.3 Å². The maximum absolute atomic E-state index is 11.6. The second-order valence-electron chi connectivity index (χ2n) is 3.78. The van der Waals surface area contributed by atoms with E-state index in [0.29, 0.717) is 6.42 Å². The van der Waals surface area contributed by atoms with Gasteiger partial charge in [-0.2, -0.15) is 0 Å². The summed E-state index contributed by atoms with van der Waals surface area (Å²) in [6.45, 7) is 3.97. The molecule has 0 fully saturated rings. The number of hydrogen-bond acceptors (Lipinski definition) is 3. The average Bonchev–Trinajstić information content (AvgIpc) is 2.79. The third kappa shape index (κ3) is 4.14. The Morgan fingerprint density at radius 2 is 2.19 bits per heavy atom. The zero-order valence-electron chi connectivity index (χ0n) is 9.66. The van der Waals surface area contributed by atoms with Crippen LogP contribution in [0.4, 0.5) is 0 Å². The lowest BCUT2D eigenvalue weighted by Crippen LogP contribution is -2.32. The van der Waals surface area contributed by atoms with Crippen molar-refractivity contribution in [2.75, 3.05) is 0 Å². The summed E-state index contributed by atoms with van der Waals surface area (Å²) in [7, 11) is 0. The molecule has 1 atom stereocenters. The van der Waals surface area contributed by atoms with Gasteiger partial charge in [-0.15, -0.1) is 11.3 Å². The summed E-state index contributed by atoms with van der Waals surface area (Å²) >= 11 is 1.42. The molecule has 1 N–H and O–H groups in total. The van der Waals surface area contributed by atoms with E-state index < -0.39 is 0 Å². The van der Waals surface area contributed by atoms with Crippen LogP contribution in [0.5, 0.6) is 0 Å². The van der Waals surface area contributed by atoms with Gasteiger partial charge in [0.1, 0.15) is 0 Å². The molecular weight excluding hydrogens is 222 g/mol. The summed E-state index contributed by atoms with van der Waals surface area (Å²) < 4.78 is 0. The summed E-state index contributed by atoms with van der Waals surface area (Å²) in [5, 5.41) is 4.71. The van der Waals surface area contributed by atoms with Crippen LogP contribution in [0.25, 0.3) is 0 Å². The molecular formula is C12H17NO2S. The number of carbonyl (C=O) groups is 2. The summed E-state index contributed by atoms with van der Waals surface area (Å²) in [5.74, 6) is 0.00792. The second kappa shape index (κ2) is 6.43. The van der Waals surface area contributed by atoms with Crippen LogP contribution in [0.1, 0.15) is 42.8 Å². The van der Waals surface area contributed by atoms with Crippen molar-refractivity contribution in [1.29, 1.82) is 0 Å². The first-order valence-electron chi connectivity index (χ1n) is 5.49. The Kier molecular flexibility index (Phi) is 5.19. The Morgan fingerprint density at radius 3 is 2.75 bits per heavy atom. The van der Waals surface area contributed by atoms with Gasteiger partial charge in [0.25, 0.3) is 0 Å². The van der Waals surface area contributed by atoms with Crippen LogP contribution in [0.3, 0.4) is 0 Å².